The highest BCUT2D eigenvalue weighted by atomic mass is 32.2. The number of anilines is 1. The summed E-state index contributed by atoms with van der Waals surface area (Å²) in [7, 11) is -1.89. The number of unbranched alkanes of at least 4 members (excludes halogenated alkanes) is 1. The first kappa shape index (κ1) is 15.8. The van der Waals surface area contributed by atoms with Crippen LogP contribution in [-0.4, -0.2) is 42.8 Å². The Bertz CT molecular complexity index is 473. The van der Waals surface area contributed by atoms with Crippen LogP contribution in [0.5, 0.6) is 0 Å². The van der Waals surface area contributed by atoms with Crippen molar-refractivity contribution in [2.24, 2.45) is 0 Å². The molecule has 0 atom stereocenters. The largest absolute Gasteiger partial charge is 0.354 e. The average Bonchev–Trinajstić information content (AvgIpc) is 2.42. The Morgan fingerprint density at radius 3 is 2.37 bits per heavy atom. The van der Waals surface area contributed by atoms with Crippen LogP contribution in [0.15, 0.2) is 17.3 Å². The van der Waals surface area contributed by atoms with Gasteiger partial charge in [0, 0.05) is 20.1 Å². The summed E-state index contributed by atoms with van der Waals surface area (Å²) < 4.78 is 25.7. The van der Waals surface area contributed by atoms with Crippen molar-refractivity contribution >= 4 is 16.0 Å². The predicted molar refractivity (Wildman–Crippen MR) is 75.5 cm³/mol. The average molecular weight is 286 g/mol. The van der Waals surface area contributed by atoms with E-state index in [1.54, 1.807) is 7.05 Å². The number of hydrogen-bond donors (Lipinski definition) is 1. The zero-order valence-corrected chi connectivity index (χ0v) is 12.6. The number of nitrogens with one attached hydrogen (secondary N) is 1. The van der Waals surface area contributed by atoms with Gasteiger partial charge in [-0.25, -0.2) is 22.7 Å². The molecule has 0 aliphatic heterocycles. The molecule has 0 bridgehead atoms. The Morgan fingerprint density at radius 2 is 1.84 bits per heavy atom. The highest BCUT2D eigenvalue weighted by Gasteiger charge is 2.20. The van der Waals surface area contributed by atoms with E-state index in [-0.39, 0.29) is 4.90 Å². The van der Waals surface area contributed by atoms with Crippen molar-refractivity contribution in [3.05, 3.63) is 12.4 Å². The predicted octanol–water partition coefficient (Wildman–Crippen LogP) is 1.72. The first-order chi connectivity index (χ1) is 9.02. The quantitative estimate of drug-likeness (QED) is 0.787. The summed E-state index contributed by atoms with van der Waals surface area (Å²) in [4.78, 5) is 8.17. The molecule has 6 nitrogen and oxygen atoms in total. The fourth-order valence-electron chi connectivity index (χ4n) is 1.46. The summed E-state index contributed by atoms with van der Waals surface area (Å²) in [5.74, 6) is 0.456. The molecule has 0 aliphatic carbocycles. The first-order valence-corrected chi connectivity index (χ1v) is 7.98. The normalized spacial score (nSPS) is 11.8. The molecule has 0 aromatic carbocycles. The lowest BCUT2D eigenvalue weighted by Gasteiger charge is -2.16. The summed E-state index contributed by atoms with van der Waals surface area (Å²) in [6, 6.07) is 0. The van der Waals surface area contributed by atoms with Gasteiger partial charge >= 0.3 is 0 Å². The number of aromatic nitrogens is 2. The number of rotatable bonds is 8. The van der Waals surface area contributed by atoms with Crippen LogP contribution in [0.2, 0.25) is 0 Å². The van der Waals surface area contributed by atoms with Crippen LogP contribution in [0.4, 0.5) is 5.95 Å². The lowest BCUT2D eigenvalue weighted by molar-refractivity contribution is 0.459. The van der Waals surface area contributed by atoms with Crippen LogP contribution in [0.3, 0.4) is 0 Å². The van der Waals surface area contributed by atoms with Crippen LogP contribution in [0, 0.1) is 0 Å². The molecular weight excluding hydrogens is 264 g/mol. The molecule has 1 N–H and O–H groups in total. The van der Waals surface area contributed by atoms with Crippen molar-refractivity contribution in [2.75, 3.05) is 25.5 Å². The fourth-order valence-corrected chi connectivity index (χ4v) is 2.56. The fraction of sp³-hybridized carbons (Fsp3) is 0.667. The van der Waals surface area contributed by atoms with E-state index in [4.69, 9.17) is 0 Å². The summed E-state index contributed by atoms with van der Waals surface area (Å²) >= 11 is 0. The third-order valence-corrected chi connectivity index (χ3v) is 4.51. The van der Waals surface area contributed by atoms with E-state index < -0.39 is 10.0 Å². The van der Waals surface area contributed by atoms with E-state index in [2.05, 4.69) is 15.3 Å². The third-order valence-electron chi connectivity index (χ3n) is 2.70. The molecule has 7 heteroatoms. The van der Waals surface area contributed by atoms with Crippen LogP contribution in [-0.2, 0) is 10.0 Å². The van der Waals surface area contributed by atoms with Gasteiger partial charge in [-0.1, -0.05) is 20.3 Å². The molecule has 0 aliphatic rings. The number of nitrogens with zero attached hydrogens (tertiary/aromatic N) is 3. The van der Waals surface area contributed by atoms with Gasteiger partial charge in [0.15, 0.2) is 0 Å². The van der Waals surface area contributed by atoms with Crippen molar-refractivity contribution in [2.45, 2.75) is 38.0 Å². The second-order valence-electron chi connectivity index (χ2n) is 4.35. The summed E-state index contributed by atoms with van der Waals surface area (Å²) in [6.07, 6.45) is 5.46. The second-order valence-corrected chi connectivity index (χ2v) is 6.39. The Morgan fingerprint density at radius 1 is 1.21 bits per heavy atom. The molecule has 0 spiro atoms. The van der Waals surface area contributed by atoms with Gasteiger partial charge in [0.25, 0.3) is 0 Å². The van der Waals surface area contributed by atoms with Crippen LogP contribution < -0.4 is 5.32 Å². The highest BCUT2D eigenvalue weighted by Crippen LogP contribution is 2.13. The van der Waals surface area contributed by atoms with Gasteiger partial charge in [-0.05, 0) is 12.8 Å². The first-order valence-electron chi connectivity index (χ1n) is 6.54. The SMILES string of the molecule is CCCCN(C)S(=O)(=O)c1cnc(NCCC)nc1. The van der Waals surface area contributed by atoms with Gasteiger partial charge < -0.3 is 5.32 Å². The van der Waals surface area contributed by atoms with Crippen molar-refractivity contribution < 1.29 is 8.42 Å². The maximum atomic E-state index is 12.2. The standard InChI is InChI=1S/C12H22N4O2S/c1-4-6-8-16(3)19(17,18)11-9-14-12(15-10-11)13-7-5-2/h9-10H,4-8H2,1-3H3,(H,13,14,15). The molecule has 19 heavy (non-hydrogen) atoms. The topological polar surface area (TPSA) is 75.2 Å². The van der Waals surface area contributed by atoms with Crippen LogP contribution >= 0.6 is 0 Å². The van der Waals surface area contributed by atoms with Gasteiger partial charge in [0.05, 0.1) is 12.4 Å². The summed E-state index contributed by atoms with van der Waals surface area (Å²) in [5.41, 5.74) is 0. The van der Waals surface area contributed by atoms with Gasteiger partial charge in [-0.2, -0.15) is 0 Å². The lowest BCUT2D eigenvalue weighted by atomic mass is 10.3. The molecule has 0 saturated heterocycles. The van der Waals surface area contributed by atoms with Crippen molar-refractivity contribution in [1.29, 1.82) is 0 Å². The second kappa shape index (κ2) is 7.40. The van der Waals surface area contributed by atoms with E-state index in [9.17, 15) is 8.42 Å². The molecule has 108 valence electrons. The van der Waals surface area contributed by atoms with E-state index in [1.165, 1.54) is 16.7 Å². The zero-order chi connectivity index (χ0) is 14.3. The van der Waals surface area contributed by atoms with Gasteiger partial charge in [-0.15, -0.1) is 0 Å². The van der Waals surface area contributed by atoms with Crippen LogP contribution in [0.1, 0.15) is 33.1 Å². The van der Waals surface area contributed by atoms with Crippen molar-refractivity contribution in [1.82, 2.24) is 14.3 Å². The summed E-state index contributed by atoms with van der Waals surface area (Å²) in [6.45, 7) is 5.34. The molecule has 0 unspecified atom stereocenters. The Labute approximate surface area is 115 Å². The Balaban J connectivity index is 2.78. The van der Waals surface area contributed by atoms with Crippen molar-refractivity contribution in [3.8, 4) is 0 Å². The number of sulfonamides is 1. The molecule has 0 saturated carbocycles. The Kier molecular flexibility index (Phi) is 6.17. The maximum absolute atomic E-state index is 12.2. The minimum absolute atomic E-state index is 0.133. The smallest absolute Gasteiger partial charge is 0.245 e. The van der Waals surface area contributed by atoms with E-state index in [0.29, 0.717) is 12.5 Å². The van der Waals surface area contributed by atoms with E-state index in [0.717, 1.165) is 25.8 Å². The van der Waals surface area contributed by atoms with E-state index >= 15 is 0 Å². The van der Waals surface area contributed by atoms with E-state index in [1.807, 2.05) is 13.8 Å². The zero-order valence-electron chi connectivity index (χ0n) is 11.8. The lowest BCUT2D eigenvalue weighted by Crippen LogP contribution is -2.28. The molecule has 1 rings (SSSR count). The molecule has 0 fully saturated rings. The Hall–Kier alpha value is -1.21. The molecule has 1 aromatic heterocycles. The molecule has 0 radical (unpaired) electrons. The molecule has 1 heterocycles. The third kappa shape index (κ3) is 4.43. The monoisotopic (exact) mass is 286 g/mol. The summed E-state index contributed by atoms with van der Waals surface area (Å²) in [5, 5.41) is 3.01. The molecular formula is C12H22N4O2S. The highest BCUT2D eigenvalue weighted by molar-refractivity contribution is 7.89. The van der Waals surface area contributed by atoms with Gasteiger partial charge in [0.1, 0.15) is 4.90 Å². The minimum Gasteiger partial charge on any atom is -0.354 e. The molecule has 0 amide bonds. The van der Waals surface area contributed by atoms with Gasteiger partial charge in [0.2, 0.25) is 16.0 Å². The minimum atomic E-state index is -3.47. The van der Waals surface area contributed by atoms with Gasteiger partial charge in [-0.3, -0.25) is 0 Å². The molecule has 1 aromatic rings. The van der Waals surface area contributed by atoms with Crippen LogP contribution in [0.25, 0.3) is 0 Å². The van der Waals surface area contributed by atoms with Crippen molar-refractivity contribution in [3.63, 3.8) is 0 Å². The number of hydrogen-bond acceptors (Lipinski definition) is 5. The maximum Gasteiger partial charge on any atom is 0.245 e.